The fourth-order valence-electron chi connectivity index (χ4n) is 1.81. The number of hydrogen-bond acceptors (Lipinski definition) is 2. The van der Waals surface area contributed by atoms with Crippen molar-refractivity contribution in [2.24, 2.45) is 0 Å². The van der Waals surface area contributed by atoms with Gasteiger partial charge in [-0.1, -0.05) is 18.2 Å². The summed E-state index contributed by atoms with van der Waals surface area (Å²) in [5.74, 6) is -0.197. The Morgan fingerprint density at radius 1 is 1.20 bits per heavy atom. The van der Waals surface area contributed by atoms with E-state index in [4.69, 9.17) is 0 Å². The number of para-hydroxylation sites is 1. The smallest absolute Gasteiger partial charge is 0.328 e. The molecule has 1 aliphatic heterocycles. The highest BCUT2D eigenvalue weighted by atomic mass is 16.2. The molecule has 0 aliphatic carbocycles. The zero-order chi connectivity index (χ0) is 11.0. The van der Waals surface area contributed by atoms with Gasteiger partial charge in [0.2, 0.25) is 0 Å². The number of aryl methyl sites for hydroxylation is 2. The molecule has 1 aliphatic rings. The highest BCUT2D eigenvalue weighted by molar-refractivity contribution is 6.20. The molecule has 0 radical (unpaired) electrons. The number of hydrogen-bond donors (Lipinski definition) is 1. The summed E-state index contributed by atoms with van der Waals surface area (Å²) in [6.45, 7) is 3.87. The van der Waals surface area contributed by atoms with Gasteiger partial charge in [-0.25, -0.2) is 9.69 Å². The van der Waals surface area contributed by atoms with Crippen LogP contribution in [0.15, 0.2) is 18.2 Å². The summed E-state index contributed by atoms with van der Waals surface area (Å²) >= 11 is 0. The third kappa shape index (κ3) is 1.48. The first-order chi connectivity index (χ1) is 7.11. The van der Waals surface area contributed by atoms with E-state index in [1.807, 2.05) is 32.0 Å². The Morgan fingerprint density at radius 3 is 2.27 bits per heavy atom. The first-order valence-electron chi connectivity index (χ1n) is 4.78. The van der Waals surface area contributed by atoms with Gasteiger partial charge in [-0.05, 0) is 25.0 Å². The molecule has 3 amide bonds. The summed E-state index contributed by atoms with van der Waals surface area (Å²) in [6, 6.07) is 5.35. The van der Waals surface area contributed by atoms with Crippen molar-refractivity contribution < 1.29 is 9.59 Å². The van der Waals surface area contributed by atoms with Crippen molar-refractivity contribution in [3.05, 3.63) is 29.3 Å². The highest BCUT2D eigenvalue weighted by Crippen LogP contribution is 2.26. The van der Waals surface area contributed by atoms with Crippen LogP contribution in [0.4, 0.5) is 10.5 Å². The van der Waals surface area contributed by atoms with E-state index in [2.05, 4.69) is 5.32 Å². The number of benzene rings is 1. The largest absolute Gasteiger partial charge is 0.329 e. The molecule has 1 saturated heterocycles. The number of urea groups is 1. The molecule has 4 nitrogen and oxygen atoms in total. The molecule has 0 bridgehead atoms. The van der Waals surface area contributed by atoms with E-state index in [9.17, 15) is 9.59 Å². The molecule has 1 fully saturated rings. The molecule has 2 rings (SSSR count). The van der Waals surface area contributed by atoms with Gasteiger partial charge < -0.3 is 5.32 Å². The Morgan fingerprint density at radius 2 is 1.80 bits per heavy atom. The molecule has 78 valence electrons. The lowest BCUT2D eigenvalue weighted by Gasteiger charge is -2.17. The van der Waals surface area contributed by atoms with E-state index in [-0.39, 0.29) is 18.5 Å². The molecule has 0 unspecified atom stereocenters. The average molecular weight is 204 g/mol. The summed E-state index contributed by atoms with van der Waals surface area (Å²) in [6.07, 6.45) is 0. The number of amides is 3. The number of anilines is 1. The second-order valence-electron chi connectivity index (χ2n) is 3.63. The van der Waals surface area contributed by atoms with Crippen LogP contribution in [-0.4, -0.2) is 18.5 Å². The van der Waals surface area contributed by atoms with Gasteiger partial charge in [-0.15, -0.1) is 0 Å². The average Bonchev–Trinajstić information content (AvgIpc) is 2.49. The summed E-state index contributed by atoms with van der Waals surface area (Å²) < 4.78 is 0. The van der Waals surface area contributed by atoms with Crippen LogP contribution < -0.4 is 10.2 Å². The number of rotatable bonds is 1. The molecule has 15 heavy (non-hydrogen) atoms. The maximum atomic E-state index is 11.5. The van der Waals surface area contributed by atoms with E-state index >= 15 is 0 Å². The number of nitrogens with one attached hydrogen (secondary N) is 1. The van der Waals surface area contributed by atoms with Crippen LogP contribution in [0.3, 0.4) is 0 Å². The van der Waals surface area contributed by atoms with Crippen LogP contribution in [0.2, 0.25) is 0 Å². The number of nitrogens with zero attached hydrogens (tertiary/aromatic N) is 1. The van der Waals surface area contributed by atoms with Crippen LogP contribution in [0.5, 0.6) is 0 Å². The van der Waals surface area contributed by atoms with Gasteiger partial charge >= 0.3 is 6.03 Å². The van der Waals surface area contributed by atoms with Crippen LogP contribution in [0, 0.1) is 13.8 Å². The zero-order valence-electron chi connectivity index (χ0n) is 8.70. The predicted molar refractivity (Wildman–Crippen MR) is 56.8 cm³/mol. The third-order valence-corrected chi connectivity index (χ3v) is 2.51. The molecule has 1 aromatic carbocycles. The van der Waals surface area contributed by atoms with Gasteiger partial charge in [0.05, 0.1) is 12.2 Å². The van der Waals surface area contributed by atoms with Crippen molar-refractivity contribution in [1.82, 2.24) is 5.32 Å². The van der Waals surface area contributed by atoms with Crippen LogP contribution in [-0.2, 0) is 4.79 Å². The van der Waals surface area contributed by atoms with Gasteiger partial charge in [-0.3, -0.25) is 4.79 Å². The SMILES string of the molecule is Cc1cccc(C)c1N1C(=O)CNC1=O. The summed E-state index contributed by atoms with van der Waals surface area (Å²) in [5.41, 5.74) is 2.57. The second kappa shape index (κ2) is 3.38. The Bertz CT molecular complexity index is 404. The van der Waals surface area contributed by atoms with Gasteiger partial charge in [0, 0.05) is 0 Å². The normalized spacial score (nSPS) is 15.7. The minimum atomic E-state index is -0.336. The fourth-order valence-corrected chi connectivity index (χ4v) is 1.81. The van der Waals surface area contributed by atoms with Crippen molar-refractivity contribution in [3.8, 4) is 0 Å². The Balaban J connectivity index is 2.53. The van der Waals surface area contributed by atoms with Crippen molar-refractivity contribution in [1.29, 1.82) is 0 Å². The van der Waals surface area contributed by atoms with Crippen molar-refractivity contribution in [2.45, 2.75) is 13.8 Å². The van der Waals surface area contributed by atoms with Crippen molar-refractivity contribution >= 4 is 17.6 Å². The maximum Gasteiger partial charge on any atom is 0.329 e. The minimum absolute atomic E-state index is 0.0899. The quantitative estimate of drug-likeness (QED) is 0.702. The Kier molecular flexibility index (Phi) is 2.19. The molecule has 0 saturated carbocycles. The molecule has 0 spiro atoms. The van der Waals surface area contributed by atoms with Gasteiger partial charge in [-0.2, -0.15) is 0 Å². The van der Waals surface area contributed by atoms with Crippen molar-refractivity contribution in [3.63, 3.8) is 0 Å². The van der Waals surface area contributed by atoms with Crippen LogP contribution in [0.25, 0.3) is 0 Å². The predicted octanol–water partition coefficient (Wildman–Crippen LogP) is 1.36. The van der Waals surface area contributed by atoms with Gasteiger partial charge in [0.15, 0.2) is 0 Å². The minimum Gasteiger partial charge on any atom is -0.328 e. The van der Waals surface area contributed by atoms with Crippen LogP contribution in [0.1, 0.15) is 11.1 Å². The number of imide groups is 1. The van der Waals surface area contributed by atoms with Gasteiger partial charge in [0.25, 0.3) is 5.91 Å². The maximum absolute atomic E-state index is 11.5. The first-order valence-corrected chi connectivity index (χ1v) is 4.78. The van der Waals surface area contributed by atoms with E-state index in [0.717, 1.165) is 11.1 Å². The van der Waals surface area contributed by atoms with Crippen molar-refractivity contribution in [2.75, 3.05) is 11.4 Å². The molecular weight excluding hydrogens is 192 g/mol. The summed E-state index contributed by atoms with van der Waals surface area (Å²) in [5, 5.41) is 2.51. The van der Waals surface area contributed by atoms with E-state index in [0.29, 0.717) is 5.69 Å². The lowest BCUT2D eigenvalue weighted by atomic mass is 10.1. The monoisotopic (exact) mass is 204 g/mol. The summed E-state index contributed by atoms with van der Waals surface area (Å²) in [4.78, 5) is 24.2. The van der Waals surface area contributed by atoms with Gasteiger partial charge in [0.1, 0.15) is 0 Å². The molecule has 0 aromatic heterocycles. The molecule has 1 N–H and O–H groups in total. The first kappa shape index (κ1) is 9.71. The van der Waals surface area contributed by atoms with E-state index < -0.39 is 0 Å². The topological polar surface area (TPSA) is 49.4 Å². The number of carbonyl (C=O) groups is 2. The standard InChI is InChI=1S/C11H12N2O2/c1-7-4-3-5-8(2)10(7)13-9(14)6-12-11(13)15/h3-5H,6H2,1-2H3,(H,12,15). The lowest BCUT2D eigenvalue weighted by Crippen LogP contribution is -2.31. The molecular formula is C11H12N2O2. The molecule has 4 heteroatoms. The highest BCUT2D eigenvalue weighted by Gasteiger charge is 2.31. The number of carbonyl (C=O) groups excluding carboxylic acids is 2. The third-order valence-electron chi connectivity index (χ3n) is 2.51. The van der Waals surface area contributed by atoms with E-state index in [1.165, 1.54) is 4.90 Å². The molecule has 1 heterocycles. The fraction of sp³-hybridized carbons (Fsp3) is 0.273. The Hall–Kier alpha value is -1.84. The van der Waals surface area contributed by atoms with Crippen LogP contribution >= 0.6 is 0 Å². The second-order valence-corrected chi connectivity index (χ2v) is 3.63. The van der Waals surface area contributed by atoms with E-state index in [1.54, 1.807) is 0 Å². The lowest BCUT2D eigenvalue weighted by molar-refractivity contribution is -0.115. The summed E-state index contributed by atoms with van der Waals surface area (Å²) in [7, 11) is 0. The molecule has 0 atom stereocenters. The molecule has 1 aromatic rings. The zero-order valence-corrected chi connectivity index (χ0v) is 8.70. The Labute approximate surface area is 87.9 Å².